The Labute approximate surface area is 120 Å². The number of anilines is 1. The third-order valence-corrected chi connectivity index (χ3v) is 5.00. The van der Waals surface area contributed by atoms with Crippen LogP contribution in [-0.4, -0.2) is 28.4 Å². The van der Waals surface area contributed by atoms with E-state index < -0.39 is 0 Å². The zero-order chi connectivity index (χ0) is 14.1. The van der Waals surface area contributed by atoms with Gasteiger partial charge in [0.05, 0.1) is 11.9 Å². The first-order valence-electron chi connectivity index (χ1n) is 7.69. The van der Waals surface area contributed by atoms with Crippen LogP contribution in [0.1, 0.15) is 49.5 Å². The topological polar surface area (TPSA) is 59.2 Å². The van der Waals surface area contributed by atoms with E-state index in [4.69, 9.17) is 5.73 Å². The van der Waals surface area contributed by atoms with E-state index in [1.165, 1.54) is 19.3 Å². The Balaban J connectivity index is 1.81. The van der Waals surface area contributed by atoms with Gasteiger partial charge in [-0.05, 0) is 43.2 Å². The predicted octanol–water partition coefficient (Wildman–Crippen LogP) is 2.70. The van der Waals surface area contributed by atoms with Gasteiger partial charge in [-0.1, -0.05) is 19.8 Å². The van der Waals surface area contributed by atoms with Gasteiger partial charge in [0, 0.05) is 12.6 Å². The number of hydrogen-bond acceptors (Lipinski definition) is 3. The first-order chi connectivity index (χ1) is 9.66. The molecule has 3 rings (SSSR count). The minimum absolute atomic E-state index is 0.0776. The highest BCUT2D eigenvalue weighted by atomic mass is 16.2. The number of likely N-dealkylation sites (tertiary alicyclic amines) is 1. The van der Waals surface area contributed by atoms with Gasteiger partial charge in [-0.25, -0.2) is 4.98 Å². The van der Waals surface area contributed by atoms with Gasteiger partial charge < -0.3 is 10.6 Å². The molecule has 1 aliphatic heterocycles. The van der Waals surface area contributed by atoms with Gasteiger partial charge in [-0.15, -0.1) is 0 Å². The van der Waals surface area contributed by atoms with Crippen molar-refractivity contribution in [1.82, 2.24) is 9.88 Å². The molecule has 108 valence electrons. The fourth-order valence-corrected chi connectivity index (χ4v) is 3.84. The molecule has 4 nitrogen and oxygen atoms in total. The smallest absolute Gasteiger partial charge is 0.272 e. The first-order valence-corrected chi connectivity index (χ1v) is 7.69. The number of piperidine rings is 1. The summed E-state index contributed by atoms with van der Waals surface area (Å²) in [4.78, 5) is 19.0. The zero-order valence-corrected chi connectivity index (χ0v) is 12.1. The number of fused-ring (bicyclic) bond motifs is 1. The number of hydrogen-bond donors (Lipinski definition) is 1. The molecule has 1 aliphatic carbocycles. The average molecular weight is 273 g/mol. The standard InChI is InChI=1S/C16H23N3O/c1-11-8-9-19(15-5-3-2-4-13(11)15)16(20)14-7-6-12(17)10-18-14/h6-7,10-11,13,15H,2-5,8-9,17H2,1H3. The summed E-state index contributed by atoms with van der Waals surface area (Å²) in [5.74, 6) is 1.49. The van der Waals surface area contributed by atoms with Gasteiger partial charge in [-0.2, -0.15) is 0 Å². The Morgan fingerprint density at radius 2 is 2.10 bits per heavy atom. The van der Waals surface area contributed by atoms with Crippen LogP contribution < -0.4 is 5.73 Å². The lowest BCUT2D eigenvalue weighted by Crippen LogP contribution is -2.52. The van der Waals surface area contributed by atoms with Crippen molar-refractivity contribution in [3.63, 3.8) is 0 Å². The second-order valence-electron chi connectivity index (χ2n) is 6.26. The van der Waals surface area contributed by atoms with Crippen molar-refractivity contribution in [2.24, 2.45) is 11.8 Å². The Morgan fingerprint density at radius 3 is 2.85 bits per heavy atom. The van der Waals surface area contributed by atoms with Crippen molar-refractivity contribution >= 4 is 11.6 Å². The van der Waals surface area contributed by atoms with E-state index in [1.807, 2.05) is 0 Å². The van der Waals surface area contributed by atoms with Crippen molar-refractivity contribution < 1.29 is 4.79 Å². The molecule has 3 atom stereocenters. The summed E-state index contributed by atoms with van der Waals surface area (Å²) in [5.41, 5.74) is 6.77. The van der Waals surface area contributed by atoms with Crippen molar-refractivity contribution in [2.75, 3.05) is 12.3 Å². The summed E-state index contributed by atoms with van der Waals surface area (Å²) >= 11 is 0. The van der Waals surface area contributed by atoms with E-state index >= 15 is 0 Å². The zero-order valence-electron chi connectivity index (χ0n) is 12.1. The molecular weight excluding hydrogens is 250 g/mol. The van der Waals surface area contributed by atoms with Gasteiger partial charge >= 0.3 is 0 Å². The van der Waals surface area contributed by atoms with Crippen molar-refractivity contribution in [1.29, 1.82) is 0 Å². The first kappa shape index (κ1) is 13.4. The van der Waals surface area contributed by atoms with Crippen LogP contribution in [0.25, 0.3) is 0 Å². The number of carbonyl (C=O) groups excluding carboxylic acids is 1. The third-order valence-electron chi connectivity index (χ3n) is 5.00. The van der Waals surface area contributed by atoms with E-state index in [0.29, 0.717) is 23.3 Å². The number of amides is 1. The van der Waals surface area contributed by atoms with Gasteiger partial charge in [-0.3, -0.25) is 4.79 Å². The molecule has 4 heteroatoms. The molecule has 20 heavy (non-hydrogen) atoms. The molecule has 1 aromatic heterocycles. The summed E-state index contributed by atoms with van der Waals surface area (Å²) in [6, 6.07) is 3.91. The highest BCUT2D eigenvalue weighted by Gasteiger charge is 2.39. The van der Waals surface area contributed by atoms with Gasteiger partial charge in [0.1, 0.15) is 5.69 Å². The lowest BCUT2D eigenvalue weighted by molar-refractivity contribution is 0.0213. The Hall–Kier alpha value is -1.58. The highest BCUT2D eigenvalue weighted by Crippen LogP contribution is 2.39. The molecule has 0 aromatic carbocycles. The number of nitrogen functional groups attached to an aromatic ring is 1. The molecule has 3 unspecified atom stereocenters. The molecular formula is C16H23N3O. The SMILES string of the molecule is CC1CCN(C(=O)c2ccc(N)cn2)C2CCCCC12. The van der Waals surface area contributed by atoms with Crippen molar-refractivity contribution in [2.45, 2.75) is 45.1 Å². The van der Waals surface area contributed by atoms with Crippen LogP contribution in [0.15, 0.2) is 18.3 Å². The van der Waals surface area contributed by atoms with Crippen LogP contribution in [0.2, 0.25) is 0 Å². The second-order valence-corrected chi connectivity index (χ2v) is 6.26. The maximum absolute atomic E-state index is 12.7. The molecule has 1 aromatic rings. The minimum Gasteiger partial charge on any atom is -0.397 e. The molecule has 1 amide bonds. The van der Waals surface area contributed by atoms with E-state index in [-0.39, 0.29) is 5.91 Å². The fourth-order valence-electron chi connectivity index (χ4n) is 3.84. The molecule has 0 radical (unpaired) electrons. The van der Waals surface area contributed by atoms with Crippen LogP contribution in [0, 0.1) is 11.8 Å². The Bertz CT molecular complexity index is 485. The van der Waals surface area contributed by atoms with Crippen LogP contribution in [0.5, 0.6) is 0 Å². The fraction of sp³-hybridized carbons (Fsp3) is 0.625. The molecule has 2 aliphatic rings. The van der Waals surface area contributed by atoms with Crippen molar-refractivity contribution in [3.8, 4) is 0 Å². The maximum Gasteiger partial charge on any atom is 0.272 e. The molecule has 2 N–H and O–H groups in total. The van der Waals surface area contributed by atoms with Crippen LogP contribution in [0.4, 0.5) is 5.69 Å². The maximum atomic E-state index is 12.7. The third kappa shape index (κ3) is 2.39. The number of rotatable bonds is 1. The number of nitrogens with two attached hydrogens (primary N) is 1. The normalized spacial score (nSPS) is 29.9. The largest absolute Gasteiger partial charge is 0.397 e. The molecule has 1 saturated carbocycles. The number of pyridine rings is 1. The number of aromatic nitrogens is 1. The lowest BCUT2D eigenvalue weighted by Gasteiger charge is -2.47. The van der Waals surface area contributed by atoms with Crippen molar-refractivity contribution in [3.05, 3.63) is 24.0 Å². The van der Waals surface area contributed by atoms with E-state index in [2.05, 4.69) is 16.8 Å². The molecule has 1 saturated heterocycles. The summed E-state index contributed by atoms with van der Waals surface area (Å²) in [7, 11) is 0. The molecule has 0 bridgehead atoms. The summed E-state index contributed by atoms with van der Waals surface area (Å²) in [5, 5.41) is 0. The monoisotopic (exact) mass is 273 g/mol. The molecule has 0 spiro atoms. The average Bonchev–Trinajstić information content (AvgIpc) is 2.48. The molecule has 2 fully saturated rings. The van der Waals surface area contributed by atoms with Gasteiger partial charge in [0.25, 0.3) is 5.91 Å². The minimum atomic E-state index is 0.0776. The Kier molecular flexibility index (Phi) is 3.64. The number of carbonyl (C=O) groups is 1. The molecule has 2 heterocycles. The number of nitrogens with zero attached hydrogens (tertiary/aromatic N) is 2. The quantitative estimate of drug-likeness (QED) is 0.856. The van der Waals surface area contributed by atoms with E-state index in [9.17, 15) is 4.79 Å². The summed E-state index contributed by atoms with van der Waals surface area (Å²) in [6.45, 7) is 3.21. The summed E-state index contributed by atoms with van der Waals surface area (Å²) in [6.07, 6.45) is 7.65. The van der Waals surface area contributed by atoms with Crippen LogP contribution in [0.3, 0.4) is 0 Å². The van der Waals surface area contributed by atoms with E-state index in [1.54, 1.807) is 18.3 Å². The van der Waals surface area contributed by atoms with E-state index in [0.717, 1.165) is 25.3 Å². The highest BCUT2D eigenvalue weighted by molar-refractivity contribution is 5.92. The van der Waals surface area contributed by atoms with Gasteiger partial charge in [0.2, 0.25) is 0 Å². The van der Waals surface area contributed by atoms with Crippen LogP contribution >= 0.6 is 0 Å². The van der Waals surface area contributed by atoms with Crippen LogP contribution in [-0.2, 0) is 0 Å². The predicted molar refractivity (Wildman–Crippen MR) is 79.2 cm³/mol. The summed E-state index contributed by atoms with van der Waals surface area (Å²) < 4.78 is 0. The Morgan fingerprint density at radius 1 is 1.30 bits per heavy atom. The van der Waals surface area contributed by atoms with Gasteiger partial charge in [0.15, 0.2) is 0 Å². The second kappa shape index (κ2) is 5.43. The lowest BCUT2D eigenvalue weighted by atomic mass is 9.72.